The van der Waals surface area contributed by atoms with Crippen molar-refractivity contribution in [3.8, 4) is 0 Å². The lowest BCUT2D eigenvalue weighted by molar-refractivity contribution is -0.115. The smallest absolute Gasteiger partial charge is 0.242 e. The zero-order valence-electron chi connectivity index (χ0n) is 12.9. The van der Waals surface area contributed by atoms with E-state index in [0.29, 0.717) is 5.75 Å². The molecule has 0 spiro atoms. The van der Waals surface area contributed by atoms with Gasteiger partial charge < -0.3 is 0 Å². The number of fused-ring (bicyclic) bond motifs is 2. The summed E-state index contributed by atoms with van der Waals surface area (Å²) in [6.07, 6.45) is 1.89. The first-order chi connectivity index (χ1) is 11.8. The number of thioether (sulfide) groups is 1. The zero-order chi connectivity index (χ0) is 16.4. The van der Waals surface area contributed by atoms with E-state index >= 15 is 0 Å². The predicted molar refractivity (Wildman–Crippen MR) is 98.1 cm³/mol. The third kappa shape index (κ3) is 2.95. The Kier molecular flexibility index (Phi) is 4.32. The van der Waals surface area contributed by atoms with Crippen LogP contribution in [0, 0.1) is 0 Å². The van der Waals surface area contributed by atoms with Crippen molar-refractivity contribution in [3.05, 3.63) is 65.2 Å². The normalized spacial score (nSPS) is 13.1. The van der Waals surface area contributed by atoms with Crippen LogP contribution in [-0.2, 0) is 17.6 Å². The van der Waals surface area contributed by atoms with Crippen LogP contribution in [-0.4, -0.2) is 21.9 Å². The third-order valence-corrected chi connectivity index (χ3v) is 5.88. The Morgan fingerprint density at radius 3 is 2.25 bits per heavy atom. The topological polar surface area (TPSA) is 46.1 Å². The van der Waals surface area contributed by atoms with Crippen LogP contribution in [0.2, 0.25) is 0 Å². The van der Waals surface area contributed by atoms with Crippen molar-refractivity contribution >= 4 is 40.4 Å². The number of benzene rings is 2. The Labute approximate surface area is 148 Å². The highest BCUT2D eigenvalue weighted by molar-refractivity contribution is 8.01. The highest BCUT2D eigenvalue weighted by Gasteiger charge is 2.25. The average molecular weight is 353 g/mol. The van der Waals surface area contributed by atoms with Crippen LogP contribution >= 0.6 is 23.1 Å². The fourth-order valence-electron chi connectivity index (χ4n) is 2.96. The van der Waals surface area contributed by atoms with Gasteiger partial charge in [0, 0.05) is 0 Å². The molecule has 2 heterocycles. The Morgan fingerprint density at radius 1 is 1.04 bits per heavy atom. The third-order valence-electron chi connectivity index (χ3n) is 4.04. The minimum absolute atomic E-state index is 0.0667. The molecular formula is C18H15N3OS2. The van der Waals surface area contributed by atoms with Crippen LogP contribution in [0.5, 0.6) is 0 Å². The molecule has 0 radical (unpaired) electrons. The fourth-order valence-corrected chi connectivity index (χ4v) is 4.30. The molecule has 1 aromatic heterocycles. The number of hydrogen-bond acceptors (Lipinski definition) is 5. The zero-order valence-corrected chi connectivity index (χ0v) is 14.5. The maximum absolute atomic E-state index is 13.0. The van der Waals surface area contributed by atoms with Crippen LogP contribution < -0.4 is 4.90 Å². The van der Waals surface area contributed by atoms with E-state index in [4.69, 9.17) is 0 Å². The van der Waals surface area contributed by atoms with Crippen LogP contribution in [0.25, 0.3) is 0 Å². The monoisotopic (exact) mass is 353 g/mol. The van der Waals surface area contributed by atoms with E-state index < -0.39 is 0 Å². The molecule has 1 amide bonds. The summed E-state index contributed by atoms with van der Waals surface area (Å²) in [6.45, 7) is 0. The van der Waals surface area contributed by atoms with Crippen molar-refractivity contribution in [2.45, 2.75) is 17.2 Å². The minimum atomic E-state index is 0.0667. The number of aromatic nitrogens is 2. The largest absolute Gasteiger partial charge is 0.280 e. The maximum Gasteiger partial charge on any atom is 0.242 e. The maximum atomic E-state index is 13.0. The van der Waals surface area contributed by atoms with Gasteiger partial charge in [-0.25, -0.2) is 0 Å². The first-order valence-electron chi connectivity index (χ1n) is 7.70. The molecule has 6 heteroatoms. The van der Waals surface area contributed by atoms with Gasteiger partial charge in [-0.2, -0.15) is 0 Å². The summed E-state index contributed by atoms with van der Waals surface area (Å²) in [7, 11) is 0. The summed E-state index contributed by atoms with van der Waals surface area (Å²) in [5.41, 5.74) is 6.09. The van der Waals surface area contributed by atoms with Gasteiger partial charge in [0.1, 0.15) is 5.51 Å². The van der Waals surface area contributed by atoms with Crippen molar-refractivity contribution in [2.24, 2.45) is 0 Å². The number of anilines is 2. The number of carbonyl (C=O) groups is 1. The van der Waals surface area contributed by atoms with Gasteiger partial charge in [-0.1, -0.05) is 59.5 Å². The van der Waals surface area contributed by atoms with Gasteiger partial charge in [-0.15, -0.1) is 10.2 Å². The molecular weight excluding hydrogens is 338 g/mol. The number of rotatable bonds is 3. The lowest BCUT2D eigenvalue weighted by Crippen LogP contribution is -2.28. The number of carbonyl (C=O) groups excluding carboxylic acids is 1. The second kappa shape index (κ2) is 6.75. The van der Waals surface area contributed by atoms with E-state index in [1.165, 1.54) is 34.2 Å². The van der Waals surface area contributed by atoms with Gasteiger partial charge >= 0.3 is 0 Å². The van der Waals surface area contributed by atoms with E-state index in [2.05, 4.69) is 22.3 Å². The summed E-state index contributed by atoms with van der Waals surface area (Å²) in [5, 5.41) is 7.82. The molecule has 0 atom stereocenters. The van der Waals surface area contributed by atoms with Gasteiger partial charge in [0.15, 0.2) is 4.34 Å². The number of hydrogen-bond donors (Lipinski definition) is 0. The van der Waals surface area contributed by atoms with Crippen LogP contribution in [0.4, 0.5) is 11.4 Å². The number of para-hydroxylation sites is 2. The van der Waals surface area contributed by atoms with Gasteiger partial charge in [0.2, 0.25) is 5.91 Å². The van der Waals surface area contributed by atoms with E-state index in [1.807, 2.05) is 41.3 Å². The Bertz CT molecular complexity index is 817. The molecule has 2 aromatic carbocycles. The molecule has 4 nitrogen and oxygen atoms in total. The van der Waals surface area contributed by atoms with Crippen molar-refractivity contribution in [1.82, 2.24) is 10.2 Å². The van der Waals surface area contributed by atoms with E-state index in [1.54, 1.807) is 5.51 Å². The summed E-state index contributed by atoms with van der Waals surface area (Å²) in [4.78, 5) is 14.9. The van der Waals surface area contributed by atoms with E-state index in [9.17, 15) is 4.79 Å². The van der Waals surface area contributed by atoms with Gasteiger partial charge in [-0.05, 0) is 36.1 Å². The summed E-state index contributed by atoms with van der Waals surface area (Å²) in [6, 6.07) is 16.3. The molecule has 3 aromatic rings. The lowest BCUT2D eigenvalue weighted by atomic mass is 10.0. The fraction of sp³-hybridized carbons (Fsp3) is 0.167. The van der Waals surface area contributed by atoms with Gasteiger partial charge in [-0.3, -0.25) is 9.69 Å². The molecule has 0 aliphatic carbocycles. The van der Waals surface area contributed by atoms with E-state index in [0.717, 1.165) is 28.6 Å². The molecule has 0 unspecified atom stereocenters. The van der Waals surface area contributed by atoms with E-state index in [-0.39, 0.29) is 5.91 Å². The molecule has 0 saturated carbocycles. The summed E-state index contributed by atoms with van der Waals surface area (Å²) in [5.74, 6) is 0.412. The summed E-state index contributed by atoms with van der Waals surface area (Å²) >= 11 is 2.90. The minimum Gasteiger partial charge on any atom is -0.280 e. The second-order valence-corrected chi connectivity index (χ2v) is 7.54. The molecule has 1 aliphatic rings. The van der Waals surface area contributed by atoms with Crippen molar-refractivity contribution in [2.75, 3.05) is 10.7 Å². The van der Waals surface area contributed by atoms with Gasteiger partial charge in [0.05, 0.1) is 17.1 Å². The Morgan fingerprint density at radius 2 is 1.67 bits per heavy atom. The molecule has 1 aliphatic heterocycles. The van der Waals surface area contributed by atoms with Crippen LogP contribution in [0.1, 0.15) is 11.1 Å². The van der Waals surface area contributed by atoms with Gasteiger partial charge in [0.25, 0.3) is 0 Å². The first kappa shape index (κ1) is 15.4. The molecule has 0 bridgehead atoms. The Hall–Kier alpha value is -2.18. The highest BCUT2D eigenvalue weighted by atomic mass is 32.2. The standard InChI is InChI=1S/C18H15N3OS2/c22-17(11-23-18-20-19-12-24-18)21-15-7-3-1-5-13(15)9-10-14-6-2-4-8-16(14)21/h1-8,12H,9-11H2. The molecule has 0 N–H and O–H groups in total. The SMILES string of the molecule is O=C(CSc1nncs1)N1c2ccccc2CCc2ccccc21. The highest BCUT2D eigenvalue weighted by Crippen LogP contribution is 2.36. The van der Waals surface area contributed by atoms with Crippen LogP contribution in [0.3, 0.4) is 0 Å². The second-order valence-electron chi connectivity index (χ2n) is 5.48. The van der Waals surface area contributed by atoms with Crippen molar-refractivity contribution in [1.29, 1.82) is 0 Å². The van der Waals surface area contributed by atoms with Crippen molar-refractivity contribution < 1.29 is 4.79 Å². The number of nitrogens with zero attached hydrogens (tertiary/aromatic N) is 3. The number of amides is 1. The lowest BCUT2D eigenvalue weighted by Gasteiger charge is -2.24. The molecule has 120 valence electrons. The number of aryl methyl sites for hydroxylation is 2. The first-order valence-corrected chi connectivity index (χ1v) is 9.57. The molecule has 4 rings (SSSR count). The summed E-state index contributed by atoms with van der Waals surface area (Å²) < 4.78 is 0.819. The average Bonchev–Trinajstić information content (AvgIpc) is 3.08. The van der Waals surface area contributed by atoms with Crippen molar-refractivity contribution in [3.63, 3.8) is 0 Å². The molecule has 0 saturated heterocycles. The molecule has 0 fully saturated rings. The van der Waals surface area contributed by atoms with Crippen LogP contribution in [0.15, 0.2) is 58.4 Å². The Balaban J connectivity index is 1.71. The quantitative estimate of drug-likeness (QED) is 0.665. The molecule has 24 heavy (non-hydrogen) atoms. The predicted octanol–water partition coefficient (Wildman–Crippen LogP) is 4.09.